The number of epoxide rings is 1. The van der Waals surface area contributed by atoms with E-state index in [-0.39, 0.29) is 5.82 Å². The smallest absolute Gasteiger partial charge is 0.356 e. The number of nitriles is 1. The first kappa shape index (κ1) is 10.6. The highest BCUT2D eigenvalue weighted by Gasteiger charge is 2.65. The Labute approximate surface area is 91.2 Å². The van der Waals surface area contributed by atoms with E-state index in [0.29, 0.717) is 5.56 Å². The average Bonchev–Trinajstić information content (AvgIpc) is 3.05. The minimum absolute atomic E-state index is 0.384. The van der Waals surface area contributed by atoms with Gasteiger partial charge in [-0.3, -0.25) is 0 Å². The Morgan fingerprint density at radius 3 is 2.69 bits per heavy atom. The minimum atomic E-state index is -1.56. The lowest BCUT2D eigenvalue weighted by molar-refractivity contribution is -0.144. The number of hydrogen-bond acceptors (Lipinski definition) is 4. The molecule has 1 aromatic carbocycles. The maximum Gasteiger partial charge on any atom is 0.356 e. The van der Waals surface area contributed by atoms with Crippen LogP contribution in [0.15, 0.2) is 24.3 Å². The van der Waals surface area contributed by atoms with Gasteiger partial charge >= 0.3 is 5.97 Å². The molecule has 2 rings (SSSR count). The Bertz CT molecular complexity index is 465. The fraction of sp³-hybridized carbons (Fsp3) is 0.273. The van der Waals surface area contributed by atoms with E-state index in [1.165, 1.54) is 31.4 Å². The third-order valence-corrected chi connectivity index (χ3v) is 2.44. The van der Waals surface area contributed by atoms with Crippen molar-refractivity contribution in [1.82, 2.24) is 0 Å². The first-order chi connectivity index (χ1) is 7.64. The van der Waals surface area contributed by atoms with Crippen molar-refractivity contribution in [1.29, 1.82) is 5.26 Å². The monoisotopic (exact) mass is 221 g/mol. The van der Waals surface area contributed by atoms with Crippen molar-refractivity contribution in [2.45, 2.75) is 11.7 Å². The molecule has 1 heterocycles. The summed E-state index contributed by atoms with van der Waals surface area (Å²) >= 11 is 0. The molecule has 5 heteroatoms. The van der Waals surface area contributed by atoms with Gasteiger partial charge in [-0.2, -0.15) is 5.26 Å². The van der Waals surface area contributed by atoms with E-state index in [4.69, 9.17) is 10.00 Å². The van der Waals surface area contributed by atoms with E-state index in [2.05, 4.69) is 4.74 Å². The van der Waals surface area contributed by atoms with Gasteiger partial charge in [-0.05, 0) is 17.7 Å². The van der Waals surface area contributed by atoms with Crippen LogP contribution in [-0.4, -0.2) is 18.7 Å². The summed E-state index contributed by atoms with van der Waals surface area (Å²) < 4.78 is 22.2. The second-order valence-corrected chi connectivity index (χ2v) is 3.39. The number of carbonyl (C=O) groups excluding carboxylic acids is 1. The van der Waals surface area contributed by atoms with Crippen LogP contribution in [0.5, 0.6) is 0 Å². The third-order valence-electron chi connectivity index (χ3n) is 2.44. The molecule has 0 aliphatic carbocycles. The zero-order valence-electron chi connectivity index (χ0n) is 8.44. The maximum absolute atomic E-state index is 12.7. The van der Waals surface area contributed by atoms with Gasteiger partial charge in [-0.25, -0.2) is 9.18 Å². The van der Waals surface area contributed by atoms with Crippen LogP contribution in [0, 0.1) is 17.1 Å². The fourth-order valence-electron chi connectivity index (χ4n) is 1.53. The van der Waals surface area contributed by atoms with E-state index in [1.807, 2.05) is 0 Å². The van der Waals surface area contributed by atoms with Crippen LogP contribution in [0.3, 0.4) is 0 Å². The van der Waals surface area contributed by atoms with Gasteiger partial charge in [0.25, 0.3) is 5.60 Å². The lowest BCUT2D eigenvalue weighted by Gasteiger charge is -2.00. The van der Waals surface area contributed by atoms with Crippen LogP contribution >= 0.6 is 0 Å². The summed E-state index contributed by atoms with van der Waals surface area (Å²) in [6, 6.07) is 7.22. The van der Waals surface area contributed by atoms with Gasteiger partial charge in [0, 0.05) is 0 Å². The molecule has 16 heavy (non-hydrogen) atoms. The maximum atomic E-state index is 12.7. The van der Waals surface area contributed by atoms with E-state index >= 15 is 0 Å². The lowest BCUT2D eigenvalue weighted by atomic mass is 10.0. The molecule has 0 aromatic heterocycles. The number of ether oxygens (including phenoxy) is 2. The highest BCUT2D eigenvalue weighted by atomic mass is 19.1. The second-order valence-electron chi connectivity index (χ2n) is 3.39. The molecule has 0 N–H and O–H groups in total. The molecule has 1 fully saturated rings. The summed E-state index contributed by atoms with van der Waals surface area (Å²) in [6.07, 6.45) is -0.675. The number of esters is 1. The number of halogens is 1. The summed E-state index contributed by atoms with van der Waals surface area (Å²) in [5.74, 6) is -1.12. The van der Waals surface area contributed by atoms with Gasteiger partial charge in [0.05, 0.1) is 7.11 Å². The quantitative estimate of drug-likeness (QED) is 0.558. The molecule has 0 saturated carbocycles. The van der Waals surface area contributed by atoms with Crippen LogP contribution < -0.4 is 0 Å². The van der Waals surface area contributed by atoms with Crippen LogP contribution in [0.1, 0.15) is 11.7 Å². The van der Waals surface area contributed by atoms with Crippen molar-refractivity contribution in [3.8, 4) is 6.07 Å². The molecule has 1 aliphatic rings. The average molecular weight is 221 g/mol. The Morgan fingerprint density at radius 1 is 1.56 bits per heavy atom. The van der Waals surface area contributed by atoms with Crippen molar-refractivity contribution in [2.24, 2.45) is 0 Å². The van der Waals surface area contributed by atoms with Gasteiger partial charge in [0.15, 0.2) is 0 Å². The second kappa shape index (κ2) is 3.58. The molecule has 0 radical (unpaired) electrons. The van der Waals surface area contributed by atoms with E-state index in [1.54, 1.807) is 6.07 Å². The highest BCUT2D eigenvalue weighted by Crippen LogP contribution is 2.49. The SMILES string of the molecule is COC(=O)C1(C#N)OC1c1ccc(F)cc1. The van der Waals surface area contributed by atoms with Gasteiger partial charge in [0.2, 0.25) is 0 Å². The van der Waals surface area contributed by atoms with Crippen LogP contribution in [0.25, 0.3) is 0 Å². The van der Waals surface area contributed by atoms with Gasteiger partial charge in [0.1, 0.15) is 18.0 Å². The number of methoxy groups -OCH3 is 1. The van der Waals surface area contributed by atoms with Crippen LogP contribution in [0.4, 0.5) is 4.39 Å². The van der Waals surface area contributed by atoms with Gasteiger partial charge in [-0.15, -0.1) is 0 Å². The van der Waals surface area contributed by atoms with E-state index in [9.17, 15) is 9.18 Å². The van der Waals surface area contributed by atoms with Crippen molar-refractivity contribution in [3.05, 3.63) is 35.6 Å². The van der Waals surface area contributed by atoms with Crippen molar-refractivity contribution >= 4 is 5.97 Å². The zero-order chi connectivity index (χ0) is 11.8. The lowest BCUT2D eigenvalue weighted by Crippen LogP contribution is -2.24. The Morgan fingerprint density at radius 2 is 2.19 bits per heavy atom. The molecule has 2 unspecified atom stereocenters. The Balaban J connectivity index is 2.25. The fourth-order valence-corrected chi connectivity index (χ4v) is 1.53. The third kappa shape index (κ3) is 1.44. The van der Waals surface area contributed by atoms with Crippen molar-refractivity contribution in [3.63, 3.8) is 0 Å². The summed E-state index contributed by atoms with van der Waals surface area (Å²) in [4.78, 5) is 11.3. The number of carbonyl (C=O) groups is 1. The number of hydrogen-bond donors (Lipinski definition) is 0. The first-order valence-corrected chi connectivity index (χ1v) is 4.57. The summed E-state index contributed by atoms with van der Waals surface area (Å²) in [6.45, 7) is 0. The molecule has 0 amide bonds. The number of nitrogens with zero attached hydrogens (tertiary/aromatic N) is 1. The Hall–Kier alpha value is -1.93. The molecule has 1 aliphatic heterocycles. The normalized spacial score (nSPS) is 26.9. The molecule has 4 nitrogen and oxygen atoms in total. The molecule has 82 valence electrons. The van der Waals surface area contributed by atoms with Crippen molar-refractivity contribution < 1.29 is 18.7 Å². The predicted molar refractivity (Wildman–Crippen MR) is 50.6 cm³/mol. The zero-order valence-corrected chi connectivity index (χ0v) is 8.44. The van der Waals surface area contributed by atoms with Crippen LogP contribution in [-0.2, 0) is 14.3 Å². The van der Waals surface area contributed by atoms with Crippen LogP contribution in [0.2, 0.25) is 0 Å². The van der Waals surface area contributed by atoms with E-state index < -0.39 is 17.7 Å². The predicted octanol–water partition coefficient (Wildman–Crippen LogP) is 1.33. The minimum Gasteiger partial charge on any atom is -0.466 e. The molecule has 2 atom stereocenters. The topological polar surface area (TPSA) is 62.6 Å². The summed E-state index contributed by atoms with van der Waals surface area (Å²) in [5, 5.41) is 8.89. The molecule has 1 aromatic rings. The standard InChI is InChI=1S/C11H8FNO3/c1-15-10(14)11(6-13)9(16-11)7-2-4-8(12)5-3-7/h2-5,9H,1H3. The van der Waals surface area contributed by atoms with E-state index in [0.717, 1.165) is 0 Å². The molecular formula is C11H8FNO3. The van der Waals surface area contributed by atoms with Crippen molar-refractivity contribution in [2.75, 3.05) is 7.11 Å². The molecular weight excluding hydrogens is 213 g/mol. The Kier molecular flexibility index (Phi) is 2.37. The molecule has 0 spiro atoms. The number of rotatable bonds is 2. The number of benzene rings is 1. The largest absolute Gasteiger partial charge is 0.466 e. The molecule has 1 saturated heterocycles. The van der Waals surface area contributed by atoms with Gasteiger partial charge < -0.3 is 9.47 Å². The summed E-state index contributed by atoms with van der Waals surface area (Å²) in [5.41, 5.74) is -0.986. The highest BCUT2D eigenvalue weighted by molar-refractivity contribution is 5.87. The molecule has 0 bridgehead atoms. The first-order valence-electron chi connectivity index (χ1n) is 4.57. The summed E-state index contributed by atoms with van der Waals surface area (Å²) in [7, 11) is 1.19. The van der Waals surface area contributed by atoms with Gasteiger partial charge in [-0.1, -0.05) is 12.1 Å².